The Balaban J connectivity index is 1.93. The first-order valence-corrected chi connectivity index (χ1v) is 10.4. The zero-order chi connectivity index (χ0) is 18.4. The molecule has 0 saturated heterocycles. The summed E-state index contributed by atoms with van der Waals surface area (Å²) >= 11 is 0. The van der Waals surface area contributed by atoms with Crippen molar-refractivity contribution in [2.45, 2.75) is 103 Å². The maximum absolute atomic E-state index is 10.8. The van der Waals surface area contributed by atoms with Gasteiger partial charge in [0, 0.05) is 0 Å². The predicted octanol–water partition coefficient (Wildman–Crippen LogP) is 5.46. The van der Waals surface area contributed by atoms with Crippen molar-refractivity contribution < 1.29 is 15.0 Å². The summed E-state index contributed by atoms with van der Waals surface area (Å²) < 4.78 is 0. The lowest BCUT2D eigenvalue weighted by Crippen LogP contribution is -2.37. The fourth-order valence-electron chi connectivity index (χ4n) is 3.43. The van der Waals surface area contributed by atoms with Crippen molar-refractivity contribution in [2.24, 2.45) is 5.92 Å². The summed E-state index contributed by atoms with van der Waals surface area (Å²) in [6, 6.07) is 0. The molecule has 0 aromatic rings. The van der Waals surface area contributed by atoms with E-state index in [-0.39, 0.29) is 0 Å². The summed E-state index contributed by atoms with van der Waals surface area (Å²) in [6.07, 6.45) is 23.5. The molecule has 0 bridgehead atoms. The third kappa shape index (κ3) is 9.96. The van der Waals surface area contributed by atoms with E-state index >= 15 is 0 Å². The van der Waals surface area contributed by atoms with Crippen LogP contribution in [0.4, 0.5) is 0 Å². The zero-order valence-corrected chi connectivity index (χ0v) is 16.1. The Hall–Kier alpha value is -0.930. The molecule has 0 aromatic carbocycles. The van der Waals surface area contributed by atoms with Crippen molar-refractivity contribution in [3.63, 3.8) is 0 Å². The van der Waals surface area contributed by atoms with E-state index in [1.807, 2.05) is 6.08 Å². The smallest absolute Gasteiger partial charge is 0.196 e. The highest BCUT2D eigenvalue weighted by Crippen LogP contribution is 2.26. The van der Waals surface area contributed by atoms with Crippen LogP contribution in [0.5, 0.6) is 0 Å². The van der Waals surface area contributed by atoms with Gasteiger partial charge in [0.2, 0.25) is 0 Å². The van der Waals surface area contributed by atoms with Gasteiger partial charge in [-0.2, -0.15) is 0 Å². The van der Waals surface area contributed by atoms with Gasteiger partial charge < -0.3 is 15.0 Å². The van der Waals surface area contributed by atoms with Gasteiger partial charge in [-0.05, 0) is 24.5 Å². The monoisotopic (exact) mass is 350 g/mol. The van der Waals surface area contributed by atoms with Crippen LogP contribution >= 0.6 is 0 Å². The van der Waals surface area contributed by atoms with Crippen LogP contribution in [0.2, 0.25) is 0 Å². The number of carbonyl (C=O) groups excluding carboxylic acids is 1. The van der Waals surface area contributed by atoms with Gasteiger partial charge in [0.25, 0.3) is 0 Å². The minimum atomic E-state index is -2.01. The van der Waals surface area contributed by atoms with Crippen molar-refractivity contribution in [3.8, 4) is 0 Å². The number of carbonyl (C=O) groups is 1. The first-order valence-electron chi connectivity index (χ1n) is 10.4. The quantitative estimate of drug-likeness (QED) is 0.234. The normalized spacial score (nSPS) is 19.0. The van der Waals surface area contributed by atoms with Gasteiger partial charge in [-0.1, -0.05) is 96.1 Å². The second-order valence-corrected chi connectivity index (χ2v) is 7.52. The summed E-state index contributed by atoms with van der Waals surface area (Å²) in [6.45, 7) is 2.26. The zero-order valence-electron chi connectivity index (χ0n) is 16.1. The van der Waals surface area contributed by atoms with Gasteiger partial charge in [-0.15, -0.1) is 0 Å². The van der Waals surface area contributed by atoms with Crippen LogP contribution in [0.1, 0.15) is 96.8 Å². The van der Waals surface area contributed by atoms with Gasteiger partial charge in [0.05, 0.1) is 5.92 Å². The Morgan fingerprint density at radius 2 is 1.36 bits per heavy atom. The molecule has 0 aliphatic heterocycles. The van der Waals surface area contributed by atoms with E-state index < -0.39 is 11.7 Å². The number of hydrogen-bond donors (Lipinski definition) is 2. The van der Waals surface area contributed by atoms with Crippen LogP contribution in [-0.2, 0) is 4.79 Å². The van der Waals surface area contributed by atoms with Crippen LogP contribution in [0.15, 0.2) is 23.8 Å². The van der Waals surface area contributed by atoms with Crippen LogP contribution in [-0.4, -0.2) is 22.3 Å². The van der Waals surface area contributed by atoms with E-state index in [0.717, 1.165) is 18.4 Å². The molecule has 3 heteroatoms. The minimum absolute atomic E-state index is 0.578. The lowest BCUT2D eigenvalue weighted by atomic mass is 9.89. The first-order chi connectivity index (χ1) is 12.1. The van der Waals surface area contributed by atoms with E-state index in [0.29, 0.717) is 6.29 Å². The summed E-state index contributed by atoms with van der Waals surface area (Å²) in [7, 11) is 0. The van der Waals surface area contributed by atoms with E-state index in [2.05, 4.69) is 6.92 Å². The molecule has 1 rings (SSSR count). The molecule has 25 heavy (non-hydrogen) atoms. The lowest BCUT2D eigenvalue weighted by Gasteiger charge is -2.26. The molecular formula is C22H38O3. The molecule has 0 spiro atoms. The highest BCUT2D eigenvalue weighted by Gasteiger charge is 2.32. The van der Waals surface area contributed by atoms with Crippen molar-refractivity contribution in [1.82, 2.24) is 0 Å². The highest BCUT2D eigenvalue weighted by molar-refractivity contribution is 5.61. The van der Waals surface area contributed by atoms with Crippen LogP contribution < -0.4 is 0 Å². The van der Waals surface area contributed by atoms with Gasteiger partial charge >= 0.3 is 0 Å². The van der Waals surface area contributed by atoms with E-state index in [4.69, 9.17) is 0 Å². The third-order valence-electron chi connectivity index (χ3n) is 5.12. The first kappa shape index (κ1) is 22.1. The fourth-order valence-corrected chi connectivity index (χ4v) is 3.43. The SMILES string of the molecule is CCCCCCCCCCCCCCCC1=CC(O)(O)C(C=O)C=C1. The average Bonchev–Trinajstić information content (AvgIpc) is 2.58. The molecule has 1 aliphatic carbocycles. The van der Waals surface area contributed by atoms with Crippen LogP contribution in [0, 0.1) is 5.92 Å². The molecule has 0 saturated carbocycles. The van der Waals surface area contributed by atoms with E-state index in [1.54, 1.807) is 6.08 Å². The number of aldehydes is 1. The molecule has 1 aliphatic rings. The number of unbranched alkanes of at least 4 members (excludes halogenated alkanes) is 12. The number of aliphatic hydroxyl groups is 2. The van der Waals surface area contributed by atoms with E-state index in [1.165, 1.54) is 83.1 Å². The molecule has 0 radical (unpaired) electrons. The topological polar surface area (TPSA) is 57.5 Å². The van der Waals surface area contributed by atoms with Crippen LogP contribution in [0.3, 0.4) is 0 Å². The second kappa shape index (κ2) is 13.3. The molecule has 2 N–H and O–H groups in total. The Morgan fingerprint density at radius 3 is 1.80 bits per heavy atom. The molecule has 144 valence electrons. The molecular weight excluding hydrogens is 312 g/mol. The van der Waals surface area contributed by atoms with Gasteiger partial charge in [-0.3, -0.25) is 0 Å². The van der Waals surface area contributed by atoms with Crippen molar-refractivity contribution in [1.29, 1.82) is 0 Å². The van der Waals surface area contributed by atoms with Gasteiger partial charge in [-0.25, -0.2) is 0 Å². The Kier molecular flexibility index (Phi) is 11.8. The average molecular weight is 351 g/mol. The van der Waals surface area contributed by atoms with Crippen molar-refractivity contribution in [3.05, 3.63) is 23.8 Å². The number of hydrogen-bond acceptors (Lipinski definition) is 3. The minimum Gasteiger partial charge on any atom is -0.362 e. The lowest BCUT2D eigenvalue weighted by molar-refractivity contribution is -0.155. The maximum Gasteiger partial charge on any atom is 0.196 e. The standard InChI is InChI=1S/C22H38O3/c1-2-3-4-5-6-7-8-9-10-11-12-13-14-15-20-16-17-21(19-23)22(24,25)18-20/h16-19,21,24-25H,2-15H2,1H3. The third-order valence-corrected chi connectivity index (χ3v) is 5.12. The van der Waals surface area contributed by atoms with Crippen molar-refractivity contribution in [2.75, 3.05) is 0 Å². The predicted molar refractivity (Wildman–Crippen MR) is 104 cm³/mol. The Morgan fingerprint density at radius 1 is 0.880 bits per heavy atom. The summed E-state index contributed by atoms with van der Waals surface area (Å²) in [5.74, 6) is -2.86. The molecule has 0 aromatic heterocycles. The molecule has 0 fully saturated rings. The van der Waals surface area contributed by atoms with E-state index in [9.17, 15) is 15.0 Å². The largest absolute Gasteiger partial charge is 0.362 e. The Labute approximate surface area is 154 Å². The molecule has 0 heterocycles. The molecule has 1 unspecified atom stereocenters. The molecule has 1 atom stereocenters. The summed E-state index contributed by atoms with van der Waals surface area (Å²) in [4.78, 5) is 10.8. The summed E-state index contributed by atoms with van der Waals surface area (Å²) in [5, 5.41) is 19.6. The van der Waals surface area contributed by atoms with Crippen molar-refractivity contribution >= 4 is 6.29 Å². The number of rotatable bonds is 15. The van der Waals surface area contributed by atoms with Gasteiger partial charge in [0.1, 0.15) is 6.29 Å². The second-order valence-electron chi connectivity index (χ2n) is 7.52. The van der Waals surface area contributed by atoms with Gasteiger partial charge in [0.15, 0.2) is 5.79 Å². The Bertz CT molecular complexity index is 409. The molecule has 3 nitrogen and oxygen atoms in total. The fraction of sp³-hybridized carbons (Fsp3) is 0.773. The van der Waals surface area contributed by atoms with Crippen LogP contribution in [0.25, 0.3) is 0 Å². The highest BCUT2D eigenvalue weighted by atomic mass is 16.5. The molecule has 0 amide bonds. The maximum atomic E-state index is 10.8. The summed E-state index contributed by atoms with van der Waals surface area (Å²) in [5.41, 5.74) is 0.922. The number of allylic oxidation sites excluding steroid dienone is 2.